The van der Waals surface area contributed by atoms with Gasteiger partial charge in [0.2, 0.25) is 11.8 Å². The Morgan fingerprint density at radius 3 is 2.72 bits per heavy atom. The van der Waals surface area contributed by atoms with Crippen LogP contribution in [0.15, 0.2) is 22.7 Å². The molecule has 0 atom stereocenters. The number of carbonyl (C=O) groups excluding carboxylic acids is 2. The van der Waals surface area contributed by atoms with Gasteiger partial charge in [0, 0.05) is 17.2 Å². The van der Waals surface area contributed by atoms with E-state index in [1.165, 1.54) is 11.9 Å². The lowest BCUT2D eigenvalue weighted by Gasteiger charge is -2.16. The molecule has 0 aromatic heterocycles. The third kappa shape index (κ3) is 4.31. The number of carbonyl (C=O) groups is 2. The van der Waals surface area contributed by atoms with Crippen LogP contribution in [0.2, 0.25) is 0 Å². The lowest BCUT2D eigenvalue weighted by atomic mass is 10.2. The molecule has 4 nitrogen and oxygen atoms in total. The zero-order valence-corrected chi connectivity index (χ0v) is 12.5. The summed E-state index contributed by atoms with van der Waals surface area (Å²) >= 11 is 8.75. The van der Waals surface area contributed by atoms with Gasteiger partial charge >= 0.3 is 0 Å². The third-order valence-corrected chi connectivity index (χ3v) is 3.12. The van der Waals surface area contributed by atoms with E-state index in [0.29, 0.717) is 0 Å². The molecule has 1 aromatic carbocycles. The second-order valence-electron chi connectivity index (χ2n) is 3.89. The molecule has 98 valence electrons. The van der Waals surface area contributed by atoms with Gasteiger partial charge in [-0.25, -0.2) is 0 Å². The normalized spacial score (nSPS) is 10.0. The van der Waals surface area contributed by atoms with Crippen molar-refractivity contribution in [2.24, 2.45) is 0 Å². The predicted molar refractivity (Wildman–Crippen MR) is 75.9 cm³/mol. The molecule has 1 N–H and O–H groups in total. The van der Waals surface area contributed by atoms with Gasteiger partial charge in [0.05, 0.1) is 6.54 Å². The largest absolute Gasteiger partial charge is 0.335 e. The summed E-state index contributed by atoms with van der Waals surface area (Å²) in [5.74, 6) is -0.658. The van der Waals surface area contributed by atoms with E-state index >= 15 is 0 Å². The highest BCUT2D eigenvalue weighted by atomic mass is 79.9. The number of anilines is 1. The topological polar surface area (TPSA) is 49.4 Å². The predicted octanol–water partition coefficient (Wildman–Crippen LogP) is 2.39. The van der Waals surface area contributed by atoms with Crippen molar-refractivity contribution in [1.29, 1.82) is 0 Å². The van der Waals surface area contributed by atoms with Crippen LogP contribution in [-0.4, -0.2) is 36.2 Å². The van der Waals surface area contributed by atoms with E-state index in [4.69, 9.17) is 11.6 Å². The van der Waals surface area contributed by atoms with E-state index < -0.39 is 0 Å². The highest BCUT2D eigenvalue weighted by molar-refractivity contribution is 9.10. The number of alkyl halides is 1. The minimum atomic E-state index is -0.280. The smallest absolute Gasteiger partial charge is 0.243 e. The molecular formula is C12H14BrClN2O2. The van der Waals surface area contributed by atoms with Crippen LogP contribution < -0.4 is 5.32 Å². The van der Waals surface area contributed by atoms with E-state index in [0.717, 1.165) is 15.7 Å². The first-order chi connectivity index (χ1) is 8.43. The zero-order chi connectivity index (χ0) is 13.7. The number of halogens is 2. The quantitative estimate of drug-likeness (QED) is 0.860. The van der Waals surface area contributed by atoms with Gasteiger partial charge in [-0.15, -0.1) is 11.6 Å². The molecule has 1 rings (SSSR count). The van der Waals surface area contributed by atoms with Gasteiger partial charge in [-0.2, -0.15) is 0 Å². The van der Waals surface area contributed by atoms with Gasteiger partial charge in [-0.1, -0.05) is 22.0 Å². The summed E-state index contributed by atoms with van der Waals surface area (Å²) in [6, 6.07) is 5.61. The fraction of sp³-hybridized carbons (Fsp3) is 0.333. The van der Waals surface area contributed by atoms with Gasteiger partial charge in [0.15, 0.2) is 0 Å². The van der Waals surface area contributed by atoms with Crippen LogP contribution in [-0.2, 0) is 9.59 Å². The molecule has 2 amide bonds. The van der Waals surface area contributed by atoms with E-state index in [2.05, 4.69) is 21.2 Å². The molecule has 0 aliphatic carbocycles. The van der Waals surface area contributed by atoms with Gasteiger partial charge in [0.25, 0.3) is 0 Å². The molecule has 0 radical (unpaired) electrons. The molecule has 0 unspecified atom stereocenters. The molecular weight excluding hydrogens is 320 g/mol. The Balaban J connectivity index is 2.65. The lowest BCUT2D eigenvalue weighted by molar-refractivity contribution is -0.131. The highest BCUT2D eigenvalue weighted by Crippen LogP contribution is 2.20. The molecule has 1 aromatic rings. The standard InChI is InChI=1S/C12H14BrClN2O2/c1-8-3-4-9(13)5-10(8)15-11(17)7-16(2)12(18)6-14/h3-5H,6-7H2,1-2H3,(H,15,17). The summed E-state index contributed by atoms with van der Waals surface area (Å²) in [6.07, 6.45) is 0. The molecule has 0 spiro atoms. The minimum absolute atomic E-state index is 0.0164. The summed E-state index contributed by atoms with van der Waals surface area (Å²) in [6.45, 7) is 1.88. The molecule has 0 heterocycles. The third-order valence-electron chi connectivity index (χ3n) is 2.39. The van der Waals surface area contributed by atoms with Crippen molar-refractivity contribution in [1.82, 2.24) is 4.90 Å². The number of rotatable bonds is 4. The van der Waals surface area contributed by atoms with Crippen LogP contribution in [0.25, 0.3) is 0 Å². The van der Waals surface area contributed by atoms with E-state index in [1.807, 2.05) is 25.1 Å². The van der Waals surface area contributed by atoms with E-state index in [-0.39, 0.29) is 24.2 Å². The maximum Gasteiger partial charge on any atom is 0.243 e. The highest BCUT2D eigenvalue weighted by Gasteiger charge is 2.12. The number of hydrogen-bond donors (Lipinski definition) is 1. The van der Waals surface area contributed by atoms with E-state index in [9.17, 15) is 9.59 Å². The number of nitrogens with one attached hydrogen (secondary N) is 1. The fourth-order valence-corrected chi connectivity index (χ4v) is 1.89. The first kappa shape index (κ1) is 15.0. The van der Waals surface area contributed by atoms with Crippen LogP contribution >= 0.6 is 27.5 Å². The van der Waals surface area contributed by atoms with Crippen molar-refractivity contribution < 1.29 is 9.59 Å². The maximum absolute atomic E-state index is 11.7. The van der Waals surface area contributed by atoms with Gasteiger partial charge in [-0.05, 0) is 24.6 Å². The van der Waals surface area contributed by atoms with Crippen LogP contribution in [0.5, 0.6) is 0 Å². The summed E-state index contributed by atoms with van der Waals surface area (Å²) in [4.78, 5) is 24.3. The molecule has 0 saturated carbocycles. The molecule has 18 heavy (non-hydrogen) atoms. The molecule has 6 heteroatoms. The van der Waals surface area contributed by atoms with Crippen molar-refractivity contribution in [3.63, 3.8) is 0 Å². The summed E-state index contributed by atoms with van der Waals surface area (Å²) in [5.41, 5.74) is 1.68. The van der Waals surface area contributed by atoms with Crippen molar-refractivity contribution in [2.75, 3.05) is 24.8 Å². The Morgan fingerprint density at radius 1 is 1.44 bits per heavy atom. The van der Waals surface area contributed by atoms with Gasteiger partial charge < -0.3 is 10.2 Å². The van der Waals surface area contributed by atoms with Gasteiger partial charge in [0.1, 0.15) is 5.88 Å². The number of nitrogens with zero attached hydrogens (tertiary/aromatic N) is 1. The first-order valence-electron chi connectivity index (χ1n) is 5.30. The average molecular weight is 334 g/mol. The van der Waals surface area contributed by atoms with Crippen LogP contribution in [0, 0.1) is 6.92 Å². The zero-order valence-electron chi connectivity index (χ0n) is 10.2. The second kappa shape index (κ2) is 6.75. The average Bonchev–Trinajstić information content (AvgIpc) is 2.32. The molecule has 0 bridgehead atoms. The maximum atomic E-state index is 11.7. The number of aryl methyl sites for hydroxylation is 1. The number of benzene rings is 1. The summed E-state index contributed by atoms with van der Waals surface area (Å²) in [5, 5.41) is 2.75. The van der Waals surface area contributed by atoms with Crippen LogP contribution in [0.3, 0.4) is 0 Å². The Labute approximate surface area is 119 Å². The van der Waals surface area contributed by atoms with Crippen molar-refractivity contribution in [2.45, 2.75) is 6.92 Å². The lowest BCUT2D eigenvalue weighted by Crippen LogP contribution is -2.35. The summed E-state index contributed by atoms with van der Waals surface area (Å²) in [7, 11) is 1.54. The number of amides is 2. The Bertz CT molecular complexity index is 465. The SMILES string of the molecule is Cc1ccc(Br)cc1NC(=O)CN(C)C(=O)CCl. The Kier molecular flexibility index (Phi) is 5.62. The molecule has 0 aliphatic heterocycles. The monoisotopic (exact) mass is 332 g/mol. The molecule has 0 fully saturated rings. The van der Waals surface area contributed by atoms with Crippen LogP contribution in [0.1, 0.15) is 5.56 Å². The second-order valence-corrected chi connectivity index (χ2v) is 5.07. The Morgan fingerprint density at radius 2 is 2.11 bits per heavy atom. The fourth-order valence-electron chi connectivity index (χ4n) is 1.32. The van der Waals surface area contributed by atoms with Crippen molar-refractivity contribution in [3.05, 3.63) is 28.2 Å². The van der Waals surface area contributed by atoms with E-state index in [1.54, 1.807) is 0 Å². The molecule has 0 saturated heterocycles. The number of likely N-dealkylation sites (N-methyl/N-ethyl adjacent to an activating group) is 1. The minimum Gasteiger partial charge on any atom is -0.335 e. The van der Waals surface area contributed by atoms with Crippen LogP contribution in [0.4, 0.5) is 5.69 Å². The van der Waals surface area contributed by atoms with Gasteiger partial charge in [-0.3, -0.25) is 9.59 Å². The number of hydrogen-bond acceptors (Lipinski definition) is 2. The van der Waals surface area contributed by atoms with Crippen molar-refractivity contribution >= 4 is 45.0 Å². The first-order valence-corrected chi connectivity index (χ1v) is 6.62. The summed E-state index contributed by atoms with van der Waals surface area (Å²) < 4.78 is 0.883. The Hall–Kier alpha value is -1.07. The van der Waals surface area contributed by atoms with Crippen molar-refractivity contribution in [3.8, 4) is 0 Å². The molecule has 0 aliphatic rings.